The number of anilines is 1. The number of rotatable bonds is 3. The van der Waals surface area contributed by atoms with Gasteiger partial charge in [-0.15, -0.1) is 5.10 Å². The Morgan fingerprint density at radius 1 is 1.17 bits per heavy atom. The number of carbonyl (C=O) groups excluding carboxylic acids is 1. The molecular weight excluding hydrogens is 288 g/mol. The van der Waals surface area contributed by atoms with Gasteiger partial charge < -0.3 is 0 Å². The van der Waals surface area contributed by atoms with Gasteiger partial charge in [-0.2, -0.15) is 4.98 Å². The number of H-pyrrole nitrogens is 1. The summed E-state index contributed by atoms with van der Waals surface area (Å²) in [6, 6.07) is 8.27. The molecule has 1 fully saturated rings. The predicted molar refractivity (Wildman–Crippen MR) is 91.1 cm³/mol. The van der Waals surface area contributed by atoms with E-state index in [4.69, 9.17) is 0 Å². The van der Waals surface area contributed by atoms with Crippen molar-refractivity contribution in [2.24, 2.45) is 5.92 Å². The van der Waals surface area contributed by atoms with E-state index < -0.39 is 0 Å². The van der Waals surface area contributed by atoms with Gasteiger partial charge in [-0.25, -0.2) is 0 Å². The van der Waals surface area contributed by atoms with Gasteiger partial charge in [0, 0.05) is 11.5 Å². The van der Waals surface area contributed by atoms with Gasteiger partial charge in [-0.05, 0) is 23.8 Å². The second-order valence-corrected chi connectivity index (χ2v) is 7.31. The molecule has 5 heteroatoms. The third-order valence-electron chi connectivity index (χ3n) is 4.47. The molecule has 1 heterocycles. The minimum Gasteiger partial charge on any atom is -0.293 e. The van der Waals surface area contributed by atoms with E-state index in [1.54, 1.807) is 0 Å². The summed E-state index contributed by atoms with van der Waals surface area (Å²) in [7, 11) is 0. The number of aromatic nitrogens is 3. The molecule has 23 heavy (non-hydrogen) atoms. The van der Waals surface area contributed by atoms with Crippen LogP contribution in [0.4, 0.5) is 5.95 Å². The number of nitrogens with zero attached hydrogens (tertiary/aromatic N) is 2. The molecule has 0 unspecified atom stereocenters. The highest BCUT2D eigenvalue weighted by molar-refractivity contribution is 5.91. The fourth-order valence-corrected chi connectivity index (χ4v) is 2.98. The average molecular weight is 312 g/mol. The molecule has 0 spiro atoms. The second kappa shape index (κ2) is 6.14. The Morgan fingerprint density at radius 3 is 2.43 bits per heavy atom. The minimum absolute atomic E-state index is 0.0381. The van der Waals surface area contributed by atoms with Crippen LogP contribution in [0.3, 0.4) is 0 Å². The van der Waals surface area contributed by atoms with Gasteiger partial charge in [0.25, 0.3) is 0 Å². The molecule has 0 saturated heterocycles. The standard InChI is InChI=1S/C18H24N4O/c1-18(2,3)14-10-8-12(9-11-14)15-19-17(22-21-15)20-16(23)13-6-4-5-7-13/h8-11,13H,4-7H2,1-3H3,(H2,19,20,21,22,23). The number of carbonyl (C=O) groups is 1. The van der Waals surface area contributed by atoms with E-state index in [2.05, 4.69) is 53.4 Å². The number of amides is 1. The molecule has 1 aromatic heterocycles. The summed E-state index contributed by atoms with van der Waals surface area (Å²) in [5, 5.41) is 9.82. The Morgan fingerprint density at radius 2 is 1.83 bits per heavy atom. The Balaban J connectivity index is 1.70. The van der Waals surface area contributed by atoms with E-state index in [0.717, 1.165) is 31.2 Å². The van der Waals surface area contributed by atoms with Crippen LogP contribution in [0.1, 0.15) is 52.0 Å². The first kappa shape index (κ1) is 15.7. The monoisotopic (exact) mass is 312 g/mol. The van der Waals surface area contributed by atoms with Gasteiger partial charge in [0.1, 0.15) is 0 Å². The second-order valence-electron chi connectivity index (χ2n) is 7.31. The van der Waals surface area contributed by atoms with Crippen molar-refractivity contribution < 1.29 is 4.79 Å². The highest BCUT2D eigenvalue weighted by Crippen LogP contribution is 2.27. The van der Waals surface area contributed by atoms with Gasteiger partial charge in [-0.1, -0.05) is 57.9 Å². The van der Waals surface area contributed by atoms with Crippen molar-refractivity contribution in [1.82, 2.24) is 15.2 Å². The molecule has 2 aromatic rings. The lowest BCUT2D eigenvalue weighted by atomic mass is 9.87. The van der Waals surface area contributed by atoms with Crippen LogP contribution in [0.5, 0.6) is 0 Å². The van der Waals surface area contributed by atoms with E-state index in [9.17, 15) is 4.79 Å². The normalized spacial score (nSPS) is 15.8. The van der Waals surface area contributed by atoms with Gasteiger partial charge in [0.2, 0.25) is 11.9 Å². The first-order valence-corrected chi connectivity index (χ1v) is 8.28. The summed E-state index contributed by atoms with van der Waals surface area (Å²) in [5.41, 5.74) is 2.36. The van der Waals surface area contributed by atoms with Crippen molar-refractivity contribution >= 4 is 11.9 Å². The maximum atomic E-state index is 12.1. The van der Waals surface area contributed by atoms with Crippen LogP contribution in [-0.2, 0) is 10.2 Å². The Labute approximate surface area is 136 Å². The first-order chi connectivity index (χ1) is 10.9. The quantitative estimate of drug-likeness (QED) is 0.903. The first-order valence-electron chi connectivity index (χ1n) is 8.28. The molecule has 1 aromatic carbocycles. The zero-order valence-electron chi connectivity index (χ0n) is 14.0. The van der Waals surface area contributed by atoms with Gasteiger partial charge in [0.05, 0.1) is 0 Å². The van der Waals surface area contributed by atoms with Crippen molar-refractivity contribution in [3.05, 3.63) is 29.8 Å². The molecule has 0 aliphatic heterocycles. The van der Waals surface area contributed by atoms with Crippen LogP contribution >= 0.6 is 0 Å². The molecule has 0 radical (unpaired) electrons. The molecule has 0 bridgehead atoms. The average Bonchev–Trinajstić information content (AvgIpc) is 3.18. The van der Waals surface area contributed by atoms with Crippen molar-refractivity contribution in [2.45, 2.75) is 51.9 Å². The Hall–Kier alpha value is -2.17. The van der Waals surface area contributed by atoms with E-state index in [-0.39, 0.29) is 17.2 Å². The molecule has 5 nitrogen and oxygen atoms in total. The lowest BCUT2D eigenvalue weighted by Gasteiger charge is -2.18. The van der Waals surface area contributed by atoms with E-state index >= 15 is 0 Å². The predicted octanol–water partition coefficient (Wildman–Crippen LogP) is 3.90. The van der Waals surface area contributed by atoms with Gasteiger partial charge >= 0.3 is 0 Å². The molecule has 122 valence electrons. The fraction of sp³-hybridized carbons (Fsp3) is 0.500. The fourth-order valence-electron chi connectivity index (χ4n) is 2.98. The summed E-state index contributed by atoms with van der Waals surface area (Å²) in [5.74, 6) is 1.18. The van der Waals surface area contributed by atoms with Crippen molar-refractivity contribution in [3.8, 4) is 11.4 Å². The highest BCUT2D eigenvalue weighted by atomic mass is 16.2. The number of benzene rings is 1. The van der Waals surface area contributed by atoms with Crippen LogP contribution in [0, 0.1) is 5.92 Å². The van der Waals surface area contributed by atoms with Crippen LogP contribution in [-0.4, -0.2) is 21.1 Å². The molecule has 1 amide bonds. The molecular formula is C18H24N4O. The highest BCUT2D eigenvalue weighted by Gasteiger charge is 2.23. The molecule has 2 N–H and O–H groups in total. The topological polar surface area (TPSA) is 70.7 Å². The maximum Gasteiger partial charge on any atom is 0.249 e. The molecule has 0 atom stereocenters. The number of nitrogens with one attached hydrogen (secondary N) is 2. The lowest BCUT2D eigenvalue weighted by Crippen LogP contribution is -2.20. The summed E-state index contributed by atoms with van der Waals surface area (Å²) in [4.78, 5) is 16.5. The number of hydrogen-bond donors (Lipinski definition) is 2. The van der Waals surface area contributed by atoms with Crippen LogP contribution in [0.15, 0.2) is 24.3 Å². The molecule has 1 aliphatic carbocycles. The Kier molecular flexibility index (Phi) is 4.20. The third-order valence-corrected chi connectivity index (χ3v) is 4.47. The van der Waals surface area contributed by atoms with E-state index in [0.29, 0.717) is 11.8 Å². The zero-order valence-corrected chi connectivity index (χ0v) is 14.0. The maximum absolute atomic E-state index is 12.1. The van der Waals surface area contributed by atoms with Crippen molar-refractivity contribution in [1.29, 1.82) is 0 Å². The number of hydrogen-bond acceptors (Lipinski definition) is 3. The van der Waals surface area contributed by atoms with E-state index in [1.807, 2.05) is 12.1 Å². The smallest absolute Gasteiger partial charge is 0.249 e. The SMILES string of the molecule is CC(C)(C)c1ccc(-c2nc(NC(=O)C3CCCC3)n[nH]2)cc1. The molecule has 1 saturated carbocycles. The van der Waals surface area contributed by atoms with Gasteiger partial charge in [-0.3, -0.25) is 15.2 Å². The summed E-state index contributed by atoms with van der Waals surface area (Å²) >= 11 is 0. The zero-order chi connectivity index (χ0) is 16.4. The summed E-state index contributed by atoms with van der Waals surface area (Å²) < 4.78 is 0. The van der Waals surface area contributed by atoms with Gasteiger partial charge in [0.15, 0.2) is 5.82 Å². The van der Waals surface area contributed by atoms with Crippen molar-refractivity contribution in [3.63, 3.8) is 0 Å². The Bertz CT molecular complexity index is 676. The van der Waals surface area contributed by atoms with E-state index in [1.165, 1.54) is 5.56 Å². The molecule has 3 rings (SSSR count). The minimum atomic E-state index is 0.0381. The van der Waals surface area contributed by atoms with Crippen LogP contribution < -0.4 is 5.32 Å². The molecule has 1 aliphatic rings. The summed E-state index contributed by atoms with van der Waals surface area (Å²) in [6.07, 6.45) is 4.21. The number of aromatic amines is 1. The largest absolute Gasteiger partial charge is 0.293 e. The van der Waals surface area contributed by atoms with Crippen LogP contribution in [0.25, 0.3) is 11.4 Å². The summed E-state index contributed by atoms with van der Waals surface area (Å²) in [6.45, 7) is 6.56. The third kappa shape index (κ3) is 3.60. The lowest BCUT2D eigenvalue weighted by molar-refractivity contribution is -0.119. The van der Waals surface area contributed by atoms with Crippen molar-refractivity contribution in [2.75, 3.05) is 5.32 Å². The van der Waals surface area contributed by atoms with Crippen LogP contribution in [0.2, 0.25) is 0 Å².